The van der Waals surface area contributed by atoms with Crippen LogP contribution in [0.5, 0.6) is 0 Å². The maximum atomic E-state index is 7.46. The molecule has 3 heteroatoms. The van der Waals surface area contributed by atoms with Crippen LogP contribution in [0.4, 0.5) is 5.69 Å². The molecule has 3 rings (SSSR count). The Hall–Kier alpha value is -2.81. The van der Waals surface area contributed by atoms with Crippen LogP contribution < -0.4 is 5.32 Å². The summed E-state index contributed by atoms with van der Waals surface area (Å²) in [6.45, 7) is 1.72. The molecule has 1 aromatic heterocycles. The molecule has 0 fully saturated rings. The topological polar surface area (TPSA) is 49.0 Å². The Balaban J connectivity index is 1.87. The van der Waals surface area contributed by atoms with Crippen molar-refractivity contribution in [1.29, 1.82) is 5.41 Å². The lowest BCUT2D eigenvalue weighted by atomic mass is 10.2. The SMILES string of the molecule is CC(=N)Nc1ccc2oc(C=Cc3ccccc3)cc2c1. The van der Waals surface area contributed by atoms with Crippen LogP contribution in [0, 0.1) is 5.41 Å². The number of amidine groups is 1. The van der Waals surface area contributed by atoms with E-state index in [2.05, 4.69) is 5.32 Å². The summed E-state index contributed by atoms with van der Waals surface area (Å²) in [5, 5.41) is 11.5. The minimum absolute atomic E-state index is 0.419. The van der Waals surface area contributed by atoms with Crippen LogP contribution in [0.15, 0.2) is 59.0 Å². The van der Waals surface area contributed by atoms with Gasteiger partial charge in [0.2, 0.25) is 0 Å². The smallest absolute Gasteiger partial charge is 0.134 e. The molecule has 1 heterocycles. The fraction of sp³-hybridized carbons (Fsp3) is 0.0556. The largest absolute Gasteiger partial charge is 0.457 e. The first-order valence-electron chi connectivity index (χ1n) is 6.79. The molecule has 2 aromatic carbocycles. The Morgan fingerprint density at radius 2 is 1.86 bits per heavy atom. The maximum Gasteiger partial charge on any atom is 0.134 e. The fourth-order valence-corrected chi connectivity index (χ4v) is 2.18. The first-order chi connectivity index (χ1) is 10.2. The van der Waals surface area contributed by atoms with Gasteiger partial charge in [-0.3, -0.25) is 5.41 Å². The van der Waals surface area contributed by atoms with Gasteiger partial charge in [0.25, 0.3) is 0 Å². The second kappa shape index (κ2) is 5.67. The molecule has 0 amide bonds. The monoisotopic (exact) mass is 276 g/mol. The van der Waals surface area contributed by atoms with Gasteiger partial charge in [0.1, 0.15) is 11.3 Å². The van der Waals surface area contributed by atoms with Gasteiger partial charge >= 0.3 is 0 Å². The number of nitrogens with one attached hydrogen (secondary N) is 2. The molecule has 0 spiro atoms. The van der Waals surface area contributed by atoms with Crippen LogP contribution in [0.3, 0.4) is 0 Å². The van der Waals surface area contributed by atoms with Crippen molar-refractivity contribution in [3.8, 4) is 0 Å². The average molecular weight is 276 g/mol. The molecule has 21 heavy (non-hydrogen) atoms. The Morgan fingerprint density at radius 3 is 2.62 bits per heavy atom. The summed E-state index contributed by atoms with van der Waals surface area (Å²) >= 11 is 0. The van der Waals surface area contributed by atoms with Gasteiger partial charge in [-0.1, -0.05) is 36.4 Å². The second-order valence-corrected chi connectivity index (χ2v) is 4.90. The van der Waals surface area contributed by atoms with E-state index in [0.29, 0.717) is 5.84 Å². The summed E-state index contributed by atoms with van der Waals surface area (Å²) in [6.07, 6.45) is 3.99. The zero-order chi connectivity index (χ0) is 14.7. The Bertz CT molecular complexity index is 800. The molecule has 0 aliphatic carbocycles. The minimum Gasteiger partial charge on any atom is -0.457 e. The van der Waals surface area contributed by atoms with Gasteiger partial charge in [-0.05, 0) is 42.8 Å². The van der Waals surface area contributed by atoms with Gasteiger partial charge in [-0.15, -0.1) is 0 Å². The molecule has 0 saturated heterocycles. The highest BCUT2D eigenvalue weighted by molar-refractivity contribution is 5.94. The van der Waals surface area contributed by atoms with Crippen LogP contribution in [0.2, 0.25) is 0 Å². The number of rotatable bonds is 3. The van der Waals surface area contributed by atoms with Crippen molar-refractivity contribution in [3.05, 3.63) is 65.9 Å². The summed E-state index contributed by atoms with van der Waals surface area (Å²) in [6, 6.07) is 17.9. The van der Waals surface area contributed by atoms with Crippen LogP contribution in [-0.4, -0.2) is 5.84 Å². The number of furan rings is 1. The van der Waals surface area contributed by atoms with Crippen molar-refractivity contribution in [1.82, 2.24) is 0 Å². The van der Waals surface area contributed by atoms with Gasteiger partial charge in [0, 0.05) is 11.1 Å². The van der Waals surface area contributed by atoms with Crippen LogP contribution in [0.1, 0.15) is 18.2 Å². The highest BCUT2D eigenvalue weighted by atomic mass is 16.3. The lowest BCUT2D eigenvalue weighted by molar-refractivity contribution is 0.604. The van der Waals surface area contributed by atoms with E-state index in [1.807, 2.05) is 66.7 Å². The normalized spacial score (nSPS) is 11.1. The zero-order valence-electron chi connectivity index (χ0n) is 11.8. The third kappa shape index (κ3) is 3.20. The standard InChI is InChI=1S/C18H16N2O/c1-13(19)20-16-8-10-18-15(11-16)12-17(21-18)9-7-14-5-3-2-4-6-14/h2-12H,1H3,(H2,19,20). The minimum atomic E-state index is 0.419. The van der Waals surface area contributed by atoms with E-state index in [4.69, 9.17) is 9.83 Å². The summed E-state index contributed by atoms with van der Waals surface area (Å²) in [7, 11) is 0. The molecule has 0 saturated carbocycles. The predicted octanol–water partition coefficient (Wildman–Crippen LogP) is 5.01. The summed E-state index contributed by atoms with van der Waals surface area (Å²) < 4.78 is 5.78. The van der Waals surface area contributed by atoms with Gasteiger partial charge in [-0.2, -0.15) is 0 Å². The van der Waals surface area contributed by atoms with Gasteiger partial charge in [-0.25, -0.2) is 0 Å². The number of benzene rings is 2. The molecule has 0 atom stereocenters. The molecule has 3 aromatic rings. The predicted molar refractivity (Wildman–Crippen MR) is 88.6 cm³/mol. The Morgan fingerprint density at radius 1 is 1.05 bits per heavy atom. The number of anilines is 1. The molecule has 0 unspecified atom stereocenters. The van der Waals surface area contributed by atoms with Crippen LogP contribution >= 0.6 is 0 Å². The highest BCUT2D eigenvalue weighted by Gasteiger charge is 2.03. The van der Waals surface area contributed by atoms with E-state index in [9.17, 15) is 0 Å². The first-order valence-corrected chi connectivity index (χ1v) is 6.79. The fourth-order valence-electron chi connectivity index (χ4n) is 2.18. The molecule has 0 radical (unpaired) electrons. The third-order valence-corrected chi connectivity index (χ3v) is 3.11. The van der Waals surface area contributed by atoms with E-state index in [-0.39, 0.29) is 0 Å². The van der Waals surface area contributed by atoms with E-state index in [1.54, 1.807) is 6.92 Å². The maximum absolute atomic E-state index is 7.46. The molecule has 0 bridgehead atoms. The second-order valence-electron chi connectivity index (χ2n) is 4.90. The number of hydrogen-bond donors (Lipinski definition) is 2. The molecular formula is C18H16N2O. The first kappa shape index (κ1) is 13.2. The van der Waals surface area contributed by atoms with Gasteiger partial charge < -0.3 is 9.73 Å². The lowest BCUT2D eigenvalue weighted by Crippen LogP contribution is -2.04. The van der Waals surface area contributed by atoms with Crippen molar-refractivity contribution in [2.45, 2.75) is 6.92 Å². The van der Waals surface area contributed by atoms with Crippen molar-refractivity contribution in [2.24, 2.45) is 0 Å². The summed E-state index contributed by atoms with van der Waals surface area (Å²) in [4.78, 5) is 0. The van der Waals surface area contributed by atoms with Crippen LogP contribution in [0.25, 0.3) is 23.1 Å². The molecule has 3 nitrogen and oxygen atoms in total. The molecular weight excluding hydrogens is 260 g/mol. The third-order valence-electron chi connectivity index (χ3n) is 3.11. The molecule has 0 aliphatic heterocycles. The molecule has 104 valence electrons. The quantitative estimate of drug-likeness (QED) is 0.521. The molecule has 0 aliphatic rings. The zero-order valence-corrected chi connectivity index (χ0v) is 11.8. The van der Waals surface area contributed by atoms with Gasteiger partial charge in [0.15, 0.2) is 0 Å². The highest BCUT2D eigenvalue weighted by Crippen LogP contribution is 2.24. The number of fused-ring (bicyclic) bond motifs is 1. The summed E-state index contributed by atoms with van der Waals surface area (Å²) in [5.74, 6) is 1.24. The van der Waals surface area contributed by atoms with E-state index in [1.165, 1.54) is 0 Å². The van der Waals surface area contributed by atoms with E-state index < -0.39 is 0 Å². The van der Waals surface area contributed by atoms with Crippen molar-refractivity contribution < 1.29 is 4.42 Å². The number of hydrogen-bond acceptors (Lipinski definition) is 2. The molecule has 2 N–H and O–H groups in total. The van der Waals surface area contributed by atoms with Crippen molar-refractivity contribution >= 4 is 34.6 Å². The van der Waals surface area contributed by atoms with Crippen molar-refractivity contribution in [2.75, 3.05) is 5.32 Å². The Kier molecular flexibility index (Phi) is 3.56. The average Bonchev–Trinajstić information content (AvgIpc) is 2.88. The van der Waals surface area contributed by atoms with Crippen LogP contribution in [-0.2, 0) is 0 Å². The van der Waals surface area contributed by atoms with E-state index in [0.717, 1.165) is 28.0 Å². The lowest BCUT2D eigenvalue weighted by Gasteiger charge is -2.02. The summed E-state index contributed by atoms with van der Waals surface area (Å²) in [5.41, 5.74) is 2.88. The Labute approximate surface area is 123 Å². The van der Waals surface area contributed by atoms with Crippen molar-refractivity contribution in [3.63, 3.8) is 0 Å². The van der Waals surface area contributed by atoms with E-state index >= 15 is 0 Å². The van der Waals surface area contributed by atoms with Gasteiger partial charge in [0.05, 0.1) is 5.84 Å².